The summed E-state index contributed by atoms with van der Waals surface area (Å²) in [7, 11) is 3.13. The van der Waals surface area contributed by atoms with Gasteiger partial charge in [0.25, 0.3) is 5.91 Å². The number of nitrogens with zero attached hydrogens (tertiary/aromatic N) is 2. The third kappa shape index (κ3) is 3.15. The lowest BCUT2D eigenvalue weighted by atomic mass is 9.77. The smallest absolute Gasteiger partial charge is 0.295 e. The molecule has 3 aliphatic rings. The van der Waals surface area contributed by atoms with Gasteiger partial charge in [0.1, 0.15) is 11.9 Å². The van der Waals surface area contributed by atoms with Crippen molar-refractivity contribution in [3.63, 3.8) is 0 Å². The zero-order chi connectivity index (χ0) is 22.4. The van der Waals surface area contributed by atoms with Gasteiger partial charge in [0.05, 0.1) is 31.8 Å². The second-order valence-corrected chi connectivity index (χ2v) is 8.54. The van der Waals surface area contributed by atoms with E-state index in [4.69, 9.17) is 14.2 Å². The molecule has 1 saturated carbocycles. The van der Waals surface area contributed by atoms with Crippen LogP contribution < -0.4 is 14.4 Å². The van der Waals surface area contributed by atoms with E-state index in [1.165, 1.54) is 0 Å². The number of methoxy groups -OCH3 is 2. The van der Waals surface area contributed by atoms with Gasteiger partial charge in [-0.3, -0.25) is 14.5 Å². The topological polar surface area (TPSA) is 78.0 Å². The van der Waals surface area contributed by atoms with Gasteiger partial charge in [-0.1, -0.05) is 12.5 Å². The van der Waals surface area contributed by atoms with Gasteiger partial charge in [0.2, 0.25) is 0 Å². The van der Waals surface area contributed by atoms with Crippen LogP contribution in [-0.4, -0.2) is 37.0 Å². The zero-order valence-corrected chi connectivity index (χ0v) is 18.5. The van der Waals surface area contributed by atoms with E-state index < -0.39 is 6.04 Å². The number of aromatic nitrogens is 1. The second-order valence-electron chi connectivity index (χ2n) is 8.54. The molecule has 1 aromatic heterocycles. The monoisotopic (exact) mass is 434 g/mol. The lowest BCUT2D eigenvalue weighted by Gasteiger charge is -2.35. The van der Waals surface area contributed by atoms with Crippen LogP contribution in [0.2, 0.25) is 0 Å². The molecule has 7 nitrogen and oxygen atoms in total. The molecule has 166 valence electrons. The summed E-state index contributed by atoms with van der Waals surface area (Å²) in [4.78, 5) is 33.4. The summed E-state index contributed by atoms with van der Waals surface area (Å²) in [5, 5.41) is 0. The van der Waals surface area contributed by atoms with Crippen LogP contribution in [0.1, 0.15) is 42.9 Å². The van der Waals surface area contributed by atoms with Crippen molar-refractivity contribution < 1.29 is 23.8 Å². The van der Waals surface area contributed by atoms with Gasteiger partial charge in [0, 0.05) is 6.20 Å². The number of fused-ring (bicyclic) bond motifs is 1. The molecule has 0 saturated heterocycles. The van der Waals surface area contributed by atoms with E-state index in [2.05, 4.69) is 4.98 Å². The molecule has 2 aromatic rings. The number of benzene rings is 1. The Morgan fingerprint density at radius 2 is 1.81 bits per heavy atom. The van der Waals surface area contributed by atoms with E-state index in [0.29, 0.717) is 22.9 Å². The molecule has 3 unspecified atom stereocenters. The molecule has 3 atom stereocenters. The first kappa shape index (κ1) is 20.5. The average Bonchev–Trinajstić information content (AvgIpc) is 3.11. The molecule has 2 aliphatic heterocycles. The van der Waals surface area contributed by atoms with Crippen molar-refractivity contribution in [3.05, 3.63) is 59.0 Å². The summed E-state index contributed by atoms with van der Waals surface area (Å²) in [5.74, 6) is 1.25. The van der Waals surface area contributed by atoms with Crippen LogP contribution in [0.25, 0.3) is 0 Å². The highest BCUT2D eigenvalue weighted by atomic mass is 16.5. The van der Waals surface area contributed by atoms with Gasteiger partial charge < -0.3 is 14.2 Å². The molecule has 0 bridgehead atoms. The van der Waals surface area contributed by atoms with E-state index in [0.717, 1.165) is 36.8 Å². The fourth-order valence-corrected chi connectivity index (χ4v) is 5.07. The van der Waals surface area contributed by atoms with Crippen molar-refractivity contribution in [2.45, 2.75) is 44.8 Å². The number of Topliss-reactive ketones (excluding diaryl/α,β-unsaturated/α-hetero) is 1. The SMILES string of the molecule is COc1ccc(C2C3=C(OC4CCCCC4C3=O)C(=O)N2c2cc(C)ccn2)cc1OC. The van der Waals surface area contributed by atoms with Crippen LogP contribution in [0.5, 0.6) is 11.5 Å². The summed E-state index contributed by atoms with van der Waals surface area (Å²) >= 11 is 0. The number of hydrogen-bond acceptors (Lipinski definition) is 6. The molecule has 1 aromatic carbocycles. The quantitative estimate of drug-likeness (QED) is 0.726. The van der Waals surface area contributed by atoms with E-state index in [1.807, 2.05) is 31.2 Å². The Labute approximate surface area is 187 Å². The van der Waals surface area contributed by atoms with Crippen molar-refractivity contribution in [1.29, 1.82) is 0 Å². The number of ether oxygens (including phenoxy) is 3. The minimum absolute atomic E-state index is 0.0132. The van der Waals surface area contributed by atoms with Crippen molar-refractivity contribution in [2.24, 2.45) is 5.92 Å². The van der Waals surface area contributed by atoms with Gasteiger partial charge in [0.15, 0.2) is 23.0 Å². The molecule has 7 heteroatoms. The van der Waals surface area contributed by atoms with E-state index in [1.54, 1.807) is 31.4 Å². The Hall–Kier alpha value is -3.35. The van der Waals surface area contributed by atoms with Crippen molar-refractivity contribution in [1.82, 2.24) is 4.98 Å². The van der Waals surface area contributed by atoms with Crippen LogP contribution in [0.3, 0.4) is 0 Å². The lowest BCUT2D eigenvalue weighted by molar-refractivity contribution is -0.131. The summed E-state index contributed by atoms with van der Waals surface area (Å²) in [6.45, 7) is 1.95. The zero-order valence-electron chi connectivity index (χ0n) is 18.5. The number of rotatable bonds is 4. The molecule has 32 heavy (non-hydrogen) atoms. The number of carbonyl (C=O) groups is 2. The summed E-state index contributed by atoms with van der Waals surface area (Å²) in [6.07, 6.45) is 5.03. The van der Waals surface area contributed by atoms with Crippen LogP contribution >= 0.6 is 0 Å². The first-order valence-corrected chi connectivity index (χ1v) is 11.0. The minimum atomic E-state index is -0.637. The van der Waals surface area contributed by atoms with E-state index >= 15 is 0 Å². The Balaban J connectivity index is 1.68. The first-order chi connectivity index (χ1) is 15.5. The largest absolute Gasteiger partial charge is 0.493 e. The Morgan fingerprint density at radius 1 is 1.03 bits per heavy atom. The van der Waals surface area contributed by atoms with Crippen LogP contribution in [0.15, 0.2) is 47.9 Å². The maximum Gasteiger partial charge on any atom is 0.295 e. The maximum absolute atomic E-state index is 13.7. The number of hydrogen-bond donors (Lipinski definition) is 0. The molecular weight excluding hydrogens is 408 g/mol. The molecule has 1 aliphatic carbocycles. The molecule has 0 spiro atoms. The van der Waals surface area contributed by atoms with Gasteiger partial charge in [-0.25, -0.2) is 4.98 Å². The first-order valence-electron chi connectivity index (χ1n) is 11.0. The Kier molecular flexibility index (Phi) is 5.12. The summed E-state index contributed by atoms with van der Waals surface area (Å²) in [6, 6.07) is 8.55. The van der Waals surface area contributed by atoms with Gasteiger partial charge in [-0.2, -0.15) is 0 Å². The summed E-state index contributed by atoms with van der Waals surface area (Å²) < 4.78 is 17.1. The highest BCUT2D eigenvalue weighted by Gasteiger charge is 2.52. The number of pyridine rings is 1. The van der Waals surface area contributed by atoms with Crippen molar-refractivity contribution in [3.8, 4) is 11.5 Å². The highest BCUT2D eigenvalue weighted by Crippen LogP contribution is 2.48. The Morgan fingerprint density at radius 3 is 2.56 bits per heavy atom. The Bertz CT molecular complexity index is 1130. The third-order valence-electron chi connectivity index (χ3n) is 6.63. The molecule has 0 N–H and O–H groups in total. The molecule has 1 amide bonds. The highest BCUT2D eigenvalue weighted by molar-refractivity contribution is 6.17. The van der Waals surface area contributed by atoms with E-state index in [-0.39, 0.29) is 29.5 Å². The van der Waals surface area contributed by atoms with Crippen LogP contribution in [0, 0.1) is 12.8 Å². The number of carbonyl (C=O) groups excluding carboxylic acids is 2. The predicted molar refractivity (Wildman–Crippen MR) is 118 cm³/mol. The van der Waals surface area contributed by atoms with Crippen LogP contribution in [-0.2, 0) is 14.3 Å². The standard InChI is InChI=1S/C25H26N2O5/c1-14-10-11-26-20(12-14)27-22(15-8-9-18(30-2)19(13-15)31-3)21-23(28)16-6-4-5-7-17(16)32-24(21)25(27)29/h8-13,16-17,22H,4-7H2,1-3H3. The normalized spacial score (nSPS) is 24.7. The lowest BCUT2D eigenvalue weighted by Crippen LogP contribution is -2.39. The number of amides is 1. The fraction of sp³-hybridized carbons (Fsp3) is 0.400. The second kappa shape index (κ2) is 7.97. The van der Waals surface area contributed by atoms with Gasteiger partial charge >= 0.3 is 0 Å². The number of aryl methyl sites for hydroxylation is 1. The molecule has 1 fully saturated rings. The molecular formula is C25H26N2O5. The average molecular weight is 434 g/mol. The van der Waals surface area contributed by atoms with E-state index in [9.17, 15) is 9.59 Å². The van der Waals surface area contributed by atoms with Crippen LogP contribution in [0.4, 0.5) is 5.82 Å². The van der Waals surface area contributed by atoms with Crippen molar-refractivity contribution in [2.75, 3.05) is 19.1 Å². The number of ketones is 1. The maximum atomic E-state index is 13.7. The third-order valence-corrected chi connectivity index (χ3v) is 6.63. The van der Waals surface area contributed by atoms with Crippen molar-refractivity contribution >= 4 is 17.5 Å². The number of anilines is 1. The molecule has 5 rings (SSSR count). The predicted octanol–water partition coefficient (Wildman–Crippen LogP) is 3.91. The summed E-state index contributed by atoms with van der Waals surface area (Å²) in [5.41, 5.74) is 2.14. The molecule has 3 heterocycles. The van der Waals surface area contributed by atoms with Gasteiger partial charge in [-0.15, -0.1) is 0 Å². The fourth-order valence-electron chi connectivity index (χ4n) is 5.07. The minimum Gasteiger partial charge on any atom is -0.493 e. The van der Waals surface area contributed by atoms with Gasteiger partial charge in [-0.05, 0) is 61.6 Å². The molecule has 0 radical (unpaired) electrons.